The van der Waals surface area contributed by atoms with Crippen LogP contribution in [-0.4, -0.2) is 24.0 Å². The van der Waals surface area contributed by atoms with Crippen LogP contribution in [0.3, 0.4) is 0 Å². The van der Waals surface area contributed by atoms with E-state index in [1.807, 2.05) is 6.92 Å². The van der Waals surface area contributed by atoms with Crippen LogP contribution in [-0.2, 0) is 20.7 Å². The van der Waals surface area contributed by atoms with Crippen LogP contribution in [0, 0.1) is 12.8 Å². The normalized spacial score (nSPS) is 15.5. The van der Waals surface area contributed by atoms with Crippen molar-refractivity contribution in [2.75, 3.05) is 12.4 Å². The molecule has 0 unspecified atom stereocenters. The Morgan fingerprint density at radius 2 is 2.05 bits per heavy atom. The Morgan fingerprint density at radius 1 is 1.32 bits per heavy atom. The fraction of sp³-hybridized carbons (Fsp3) is 0.688. The van der Waals surface area contributed by atoms with Crippen molar-refractivity contribution in [2.24, 2.45) is 5.92 Å². The molecule has 0 aliphatic heterocycles. The van der Waals surface area contributed by atoms with Crippen molar-refractivity contribution in [3.05, 3.63) is 10.6 Å². The van der Waals surface area contributed by atoms with Gasteiger partial charge in [-0.05, 0) is 19.3 Å². The van der Waals surface area contributed by atoms with E-state index in [9.17, 15) is 9.59 Å². The fourth-order valence-electron chi connectivity index (χ4n) is 2.84. The Bertz CT molecular complexity index is 521. The fourth-order valence-corrected chi connectivity index (χ4v) is 3.81. The Kier molecular flexibility index (Phi) is 6.36. The first-order chi connectivity index (χ1) is 10.6. The quantitative estimate of drug-likeness (QED) is 0.814. The molecule has 1 aliphatic rings. The molecule has 0 aromatic carbocycles. The number of nitrogens with one attached hydrogen (secondary N) is 1. The van der Waals surface area contributed by atoms with Gasteiger partial charge in [-0.2, -0.15) is 0 Å². The summed E-state index contributed by atoms with van der Waals surface area (Å²) in [7, 11) is 1.37. The lowest BCUT2D eigenvalue weighted by Crippen LogP contribution is -2.14. The lowest BCUT2D eigenvalue weighted by atomic mass is 9.86. The number of methoxy groups -OCH3 is 1. The number of carbonyl (C=O) groups is 2. The maximum absolute atomic E-state index is 12.0. The van der Waals surface area contributed by atoms with Crippen LogP contribution in [0.5, 0.6) is 0 Å². The van der Waals surface area contributed by atoms with Crippen molar-refractivity contribution in [1.29, 1.82) is 0 Å². The van der Waals surface area contributed by atoms with Crippen LogP contribution >= 0.6 is 11.3 Å². The summed E-state index contributed by atoms with van der Waals surface area (Å²) in [6.07, 6.45) is 8.17. The molecule has 1 aromatic heterocycles. The molecule has 122 valence electrons. The first-order valence-electron chi connectivity index (χ1n) is 7.91. The summed E-state index contributed by atoms with van der Waals surface area (Å²) < 4.78 is 4.66. The largest absolute Gasteiger partial charge is 0.469 e. The van der Waals surface area contributed by atoms with Crippen molar-refractivity contribution in [1.82, 2.24) is 4.98 Å². The molecule has 0 radical (unpaired) electrons. The summed E-state index contributed by atoms with van der Waals surface area (Å²) in [5.41, 5.74) is 0.776. The molecule has 1 amide bonds. The number of esters is 1. The first kappa shape index (κ1) is 16.9. The molecule has 1 N–H and O–H groups in total. The molecule has 22 heavy (non-hydrogen) atoms. The smallest absolute Gasteiger partial charge is 0.310 e. The molecule has 1 fully saturated rings. The third kappa shape index (κ3) is 5.09. The summed E-state index contributed by atoms with van der Waals surface area (Å²) in [6, 6.07) is 0. The van der Waals surface area contributed by atoms with E-state index < -0.39 is 0 Å². The number of aromatic nitrogens is 1. The number of anilines is 1. The van der Waals surface area contributed by atoms with Gasteiger partial charge in [0, 0.05) is 11.3 Å². The lowest BCUT2D eigenvalue weighted by molar-refractivity contribution is -0.139. The zero-order valence-corrected chi connectivity index (χ0v) is 14.1. The van der Waals surface area contributed by atoms with E-state index in [4.69, 9.17) is 0 Å². The molecular formula is C16H24N2O3S. The topological polar surface area (TPSA) is 68.3 Å². The van der Waals surface area contributed by atoms with Gasteiger partial charge in [0.2, 0.25) is 5.91 Å². The van der Waals surface area contributed by atoms with E-state index in [1.165, 1.54) is 50.6 Å². The van der Waals surface area contributed by atoms with Crippen LogP contribution in [0.1, 0.15) is 55.5 Å². The summed E-state index contributed by atoms with van der Waals surface area (Å²) >= 11 is 1.35. The van der Waals surface area contributed by atoms with E-state index in [-0.39, 0.29) is 18.3 Å². The van der Waals surface area contributed by atoms with Crippen LogP contribution in [0.15, 0.2) is 0 Å². The maximum Gasteiger partial charge on any atom is 0.310 e. The number of carbonyl (C=O) groups excluding carboxylic acids is 2. The van der Waals surface area contributed by atoms with Gasteiger partial charge in [0.1, 0.15) is 0 Å². The summed E-state index contributed by atoms with van der Waals surface area (Å²) in [5, 5.41) is 3.42. The molecule has 1 heterocycles. The second kappa shape index (κ2) is 8.27. The molecule has 5 nitrogen and oxygen atoms in total. The van der Waals surface area contributed by atoms with Crippen molar-refractivity contribution >= 4 is 28.3 Å². The zero-order valence-electron chi connectivity index (χ0n) is 13.3. The highest BCUT2D eigenvalue weighted by Crippen LogP contribution is 2.28. The summed E-state index contributed by atoms with van der Waals surface area (Å²) in [5.74, 6) is 0.429. The SMILES string of the molecule is COC(=O)Cc1sc(NC(=O)CCC2CCCCC2)nc1C. The van der Waals surface area contributed by atoms with Gasteiger partial charge in [-0.3, -0.25) is 9.59 Å². The number of nitrogens with zero attached hydrogens (tertiary/aromatic N) is 1. The van der Waals surface area contributed by atoms with Gasteiger partial charge in [0.25, 0.3) is 0 Å². The molecule has 0 spiro atoms. The third-order valence-electron chi connectivity index (χ3n) is 4.18. The standard InChI is InChI=1S/C16H24N2O3S/c1-11-13(10-15(20)21-2)22-16(17-11)18-14(19)9-8-12-6-4-3-5-7-12/h12H,3-10H2,1-2H3,(H,17,18,19). The number of thiazole rings is 1. The van der Waals surface area contributed by atoms with E-state index in [1.54, 1.807) is 0 Å². The minimum absolute atomic E-state index is 0.0175. The molecule has 2 rings (SSSR count). The van der Waals surface area contributed by atoms with E-state index in [0.29, 0.717) is 17.5 Å². The van der Waals surface area contributed by atoms with E-state index in [2.05, 4.69) is 15.0 Å². The van der Waals surface area contributed by atoms with E-state index in [0.717, 1.165) is 17.0 Å². The summed E-state index contributed by atoms with van der Waals surface area (Å²) in [4.78, 5) is 28.5. The number of hydrogen-bond acceptors (Lipinski definition) is 5. The molecule has 0 bridgehead atoms. The van der Waals surface area contributed by atoms with Gasteiger partial charge in [0.15, 0.2) is 5.13 Å². The average molecular weight is 324 g/mol. The zero-order chi connectivity index (χ0) is 15.9. The third-order valence-corrected chi connectivity index (χ3v) is 5.25. The van der Waals surface area contributed by atoms with Gasteiger partial charge < -0.3 is 10.1 Å². The summed E-state index contributed by atoms with van der Waals surface area (Å²) in [6.45, 7) is 1.84. The first-order valence-corrected chi connectivity index (χ1v) is 8.73. The average Bonchev–Trinajstić information content (AvgIpc) is 2.85. The molecule has 0 saturated heterocycles. The predicted octanol–water partition coefficient (Wildman–Crippen LogP) is 3.47. The predicted molar refractivity (Wildman–Crippen MR) is 87.0 cm³/mol. The molecular weight excluding hydrogens is 300 g/mol. The van der Waals surface area contributed by atoms with Crippen LogP contribution in [0.2, 0.25) is 0 Å². The minimum atomic E-state index is -0.290. The second-order valence-corrected chi connectivity index (χ2v) is 6.96. The van der Waals surface area contributed by atoms with Crippen LogP contribution < -0.4 is 5.32 Å². The van der Waals surface area contributed by atoms with Gasteiger partial charge in [-0.25, -0.2) is 4.98 Å². The molecule has 0 atom stereocenters. The Balaban J connectivity index is 1.80. The highest BCUT2D eigenvalue weighted by molar-refractivity contribution is 7.16. The monoisotopic (exact) mass is 324 g/mol. The molecule has 1 aliphatic carbocycles. The Hall–Kier alpha value is -1.43. The number of hydrogen-bond donors (Lipinski definition) is 1. The lowest BCUT2D eigenvalue weighted by Gasteiger charge is -2.20. The number of rotatable bonds is 6. The van der Waals surface area contributed by atoms with Crippen molar-refractivity contribution < 1.29 is 14.3 Å². The van der Waals surface area contributed by atoms with Crippen molar-refractivity contribution in [2.45, 2.75) is 58.3 Å². The number of ether oxygens (including phenoxy) is 1. The molecule has 1 saturated carbocycles. The van der Waals surface area contributed by atoms with Crippen molar-refractivity contribution in [3.8, 4) is 0 Å². The number of amides is 1. The highest BCUT2D eigenvalue weighted by Gasteiger charge is 2.16. The molecule has 1 aromatic rings. The van der Waals surface area contributed by atoms with Gasteiger partial charge >= 0.3 is 5.97 Å². The van der Waals surface area contributed by atoms with Gasteiger partial charge in [-0.15, -0.1) is 11.3 Å². The highest BCUT2D eigenvalue weighted by atomic mass is 32.1. The van der Waals surface area contributed by atoms with Crippen molar-refractivity contribution in [3.63, 3.8) is 0 Å². The number of aryl methyl sites for hydroxylation is 1. The Labute approximate surface area is 135 Å². The van der Waals surface area contributed by atoms with Crippen LogP contribution in [0.25, 0.3) is 0 Å². The minimum Gasteiger partial charge on any atom is -0.469 e. The molecule has 6 heteroatoms. The maximum atomic E-state index is 12.0. The van der Waals surface area contributed by atoms with Gasteiger partial charge in [-0.1, -0.05) is 32.1 Å². The Morgan fingerprint density at radius 3 is 2.73 bits per heavy atom. The van der Waals surface area contributed by atoms with E-state index >= 15 is 0 Å². The second-order valence-electron chi connectivity index (χ2n) is 5.87. The van der Waals surface area contributed by atoms with Gasteiger partial charge in [0.05, 0.1) is 19.2 Å². The van der Waals surface area contributed by atoms with Crippen LogP contribution in [0.4, 0.5) is 5.13 Å².